The number of nitro groups is 2. The third-order valence-electron chi connectivity index (χ3n) is 3.78. The van der Waals surface area contributed by atoms with Gasteiger partial charge in [0.15, 0.2) is 0 Å². The molecule has 0 aliphatic carbocycles. The molecular weight excluding hydrogens is 352 g/mol. The second kappa shape index (κ2) is 8.09. The van der Waals surface area contributed by atoms with E-state index in [-0.39, 0.29) is 11.4 Å². The highest BCUT2D eigenvalue weighted by Gasteiger charge is 2.11. The summed E-state index contributed by atoms with van der Waals surface area (Å²) in [6, 6.07) is 8.56. The Hall–Kier alpha value is -3.75. The minimum Gasteiger partial charge on any atom is -0.359 e. The smallest absolute Gasteiger partial charge is 0.269 e. The van der Waals surface area contributed by atoms with Crippen LogP contribution in [0.25, 0.3) is 0 Å². The molecule has 9 nitrogen and oxygen atoms in total. The van der Waals surface area contributed by atoms with Crippen LogP contribution in [0.4, 0.5) is 22.7 Å². The second-order valence-electron chi connectivity index (χ2n) is 5.95. The van der Waals surface area contributed by atoms with Crippen molar-refractivity contribution in [3.63, 3.8) is 0 Å². The lowest BCUT2D eigenvalue weighted by molar-refractivity contribution is -0.385. The molecule has 2 N–H and O–H groups in total. The first-order valence-electron chi connectivity index (χ1n) is 7.94. The van der Waals surface area contributed by atoms with Crippen LogP contribution < -0.4 is 10.6 Å². The highest BCUT2D eigenvalue weighted by atomic mass is 16.6. The van der Waals surface area contributed by atoms with Gasteiger partial charge in [0.1, 0.15) is 0 Å². The average molecular weight is 370 g/mol. The quantitative estimate of drug-likeness (QED) is 0.448. The van der Waals surface area contributed by atoms with Crippen LogP contribution in [-0.4, -0.2) is 15.8 Å². The maximum absolute atomic E-state index is 12.2. The molecule has 27 heavy (non-hydrogen) atoms. The maximum atomic E-state index is 12.2. The first-order chi connectivity index (χ1) is 12.7. The Balaban J connectivity index is 2.09. The van der Waals surface area contributed by atoms with Crippen molar-refractivity contribution in [2.75, 3.05) is 10.6 Å². The molecule has 0 spiro atoms. The predicted octanol–water partition coefficient (Wildman–Crippen LogP) is 4.07. The Morgan fingerprint density at radius 1 is 0.889 bits per heavy atom. The average Bonchev–Trinajstić information content (AvgIpc) is 2.58. The molecule has 0 unspecified atom stereocenters. The largest absolute Gasteiger partial charge is 0.359 e. The molecule has 9 heteroatoms. The second-order valence-corrected chi connectivity index (χ2v) is 5.95. The molecule has 140 valence electrons. The SMILES string of the molecule is C/C(=C\C(=O)Nc1ccc([N+](=O)[O-])cc1C)Nc1ccc([N+](=O)[O-])cc1C. The Kier molecular flexibility index (Phi) is 5.86. The lowest BCUT2D eigenvalue weighted by atomic mass is 10.1. The maximum Gasteiger partial charge on any atom is 0.269 e. The van der Waals surface area contributed by atoms with E-state index in [1.807, 2.05) is 0 Å². The molecular formula is C18H18N4O5. The molecule has 0 radical (unpaired) electrons. The number of anilines is 2. The fraction of sp³-hybridized carbons (Fsp3) is 0.167. The first-order valence-corrected chi connectivity index (χ1v) is 7.94. The fourth-order valence-corrected chi connectivity index (χ4v) is 2.42. The molecule has 0 aliphatic rings. The van der Waals surface area contributed by atoms with Gasteiger partial charge in [-0.05, 0) is 44.0 Å². The number of nitro benzene ring substituents is 2. The monoisotopic (exact) mass is 370 g/mol. The van der Waals surface area contributed by atoms with Crippen molar-refractivity contribution < 1.29 is 14.6 Å². The zero-order valence-corrected chi connectivity index (χ0v) is 15.0. The van der Waals surface area contributed by atoms with E-state index < -0.39 is 15.8 Å². The molecule has 0 bridgehead atoms. The molecule has 0 fully saturated rings. The van der Waals surface area contributed by atoms with E-state index in [0.717, 1.165) is 0 Å². The zero-order chi connectivity index (χ0) is 20.1. The summed E-state index contributed by atoms with van der Waals surface area (Å²) in [5, 5.41) is 27.2. The predicted molar refractivity (Wildman–Crippen MR) is 102 cm³/mol. The topological polar surface area (TPSA) is 127 Å². The van der Waals surface area contributed by atoms with E-state index in [1.54, 1.807) is 26.8 Å². The number of carbonyl (C=O) groups is 1. The summed E-state index contributed by atoms with van der Waals surface area (Å²) in [6.45, 7) is 5.07. The Morgan fingerprint density at radius 2 is 1.33 bits per heavy atom. The highest BCUT2D eigenvalue weighted by molar-refractivity contribution is 6.00. The summed E-state index contributed by atoms with van der Waals surface area (Å²) in [6.07, 6.45) is 1.34. The third-order valence-corrected chi connectivity index (χ3v) is 3.78. The van der Waals surface area contributed by atoms with Crippen LogP contribution in [0, 0.1) is 34.1 Å². The molecule has 0 aromatic heterocycles. The standard InChI is InChI=1S/C18H18N4O5/c1-11-8-14(21(24)25)4-6-16(11)19-13(3)10-18(23)20-17-7-5-15(22(26)27)9-12(17)2/h4-10,19H,1-3H3,(H,20,23)/b13-10+. The van der Waals surface area contributed by atoms with Gasteiger partial charge >= 0.3 is 0 Å². The lowest BCUT2D eigenvalue weighted by Crippen LogP contribution is -2.11. The van der Waals surface area contributed by atoms with Crippen molar-refractivity contribution in [3.05, 3.63) is 79.5 Å². The van der Waals surface area contributed by atoms with Crippen molar-refractivity contribution in [2.45, 2.75) is 20.8 Å². The minimum atomic E-state index is -0.501. The molecule has 1 amide bonds. The van der Waals surface area contributed by atoms with E-state index >= 15 is 0 Å². The lowest BCUT2D eigenvalue weighted by Gasteiger charge is -2.10. The van der Waals surface area contributed by atoms with Crippen LogP contribution in [0.2, 0.25) is 0 Å². The number of nitrogens with zero attached hydrogens (tertiary/aromatic N) is 2. The summed E-state index contributed by atoms with van der Waals surface area (Å²) >= 11 is 0. The van der Waals surface area contributed by atoms with Crippen molar-refractivity contribution in [1.29, 1.82) is 0 Å². The minimum absolute atomic E-state index is 0.00827. The van der Waals surface area contributed by atoms with E-state index in [2.05, 4.69) is 10.6 Å². The fourth-order valence-electron chi connectivity index (χ4n) is 2.42. The van der Waals surface area contributed by atoms with Crippen LogP contribution in [0.1, 0.15) is 18.1 Å². The molecule has 0 atom stereocenters. The van der Waals surface area contributed by atoms with Gasteiger partial charge in [-0.1, -0.05) is 0 Å². The number of rotatable bonds is 6. The number of aryl methyl sites for hydroxylation is 2. The number of non-ortho nitro benzene ring substituents is 2. The van der Waals surface area contributed by atoms with Gasteiger partial charge in [-0.25, -0.2) is 0 Å². The number of nitrogens with one attached hydrogen (secondary N) is 2. The Labute approximate surface area is 155 Å². The molecule has 0 aliphatic heterocycles. The van der Waals surface area contributed by atoms with Crippen molar-refractivity contribution in [2.24, 2.45) is 0 Å². The third kappa shape index (κ3) is 5.11. The molecule has 2 rings (SSSR count). The first kappa shape index (κ1) is 19.6. The van der Waals surface area contributed by atoms with Gasteiger partial charge in [0, 0.05) is 47.4 Å². The van der Waals surface area contributed by atoms with E-state index in [1.165, 1.54) is 36.4 Å². The molecule has 0 saturated carbocycles. The Bertz CT molecular complexity index is 953. The van der Waals surface area contributed by atoms with Crippen LogP contribution in [0.15, 0.2) is 48.2 Å². The number of hydrogen-bond acceptors (Lipinski definition) is 6. The van der Waals surface area contributed by atoms with Gasteiger partial charge in [-0.3, -0.25) is 25.0 Å². The number of hydrogen-bond donors (Lipinski definition) is 2. The number of benzene rings is 2. The van der Waals surface area contributed by atoms with Crippen molar-refractivity contribution in [1.82, 2.24) is 0 Å². The normalized spacial score (nSPS) is 11.0. The van der Waals surface area contributed by atoms with E-state index in [4.69, 9.17) is 0 Å². The molecule has 0 heterocycles. The highest BCUT2D eigenvalue weighted by Crippen LogP contribution is 2.23. The van der Waals surface area contributed by atoms with Gasteiger partial charge in [0.2, 0.25) is 5.91 Å². The van der Waals surface area contributed by atoms with Crippen LogP contribution >= 0.6 is 0 Å². The summed E-state index contributed by atoms with van der Waals surface area (Å²) in [5.74, 6) is -0.406. The zero-order valence-electron chi connectivity index (χ0n) is 15.0. The molecule has 2 aromatic carbocycles. The van der Waals surface area contributed by atoms with E-state index in [0.29, 0.717) is 28.2 Å². The van der Waals surface area contributed by atoms with Crippen molar-refractivity contribution >= 4 is 28.7 Å². The summed E-state index contributed by atoms with van der Waals surface area (Å²) in [5.41, 5.74) is 2.84. The van der Waals surface area contributed by atoms with Gasteiger partial charge in [-0.15, -0.1) is 0 Å². The number of carbonyl (C=O) groups excluding carboxylic acids is 1. The van der Waals surface area contributed by atoms with Gasteiger partial charge in [0.05, 0.1) is 9.85 Å². The molecule has 0 saturated heterocycles. The summed E-state index contributed by atoms with van der Waals surface area (Å²) in [7, 11) is 0. The molecule has 2 aromatic rings. The van der Waals surface area contributed by atoms with Gasteiger partial charge in [0.25, 0.3) is 11.4 Å². The van der Waals surface area contributed by atoms with Crippen LogP contribution in [-0.2, 0) is 4.79 Å². The Morgan fingerprint density at radius 3 is 1.74 bits per heavy atom. The van der Waals surface area contributed by atoms with Crippen molar-refractivity contribution in [3.8, 4) is 0 Å². The summed E-state index contributed by atoms with van der Waals surface area (Å²) in [4.78, 5) is 32.7. The number of amides is 1. The van der Waals surface area contributed by atoms with Gasteiger partial charge < -0.3 is 10.6 Å². The number of allylic oxidation sites excluding steroid dienone is 1. The van der Waals surface area contributed by atoms with E-state index in [9.17, 15) is 25.0 Å². The summed E-state index contributed by atoms with van der Waals surface area (Å²) < 4.78 is 0. The van der Waals surface area contributed by atoms with Crippen LogP contribution in [0.3, 0.4) is 0 Å². The van der Waals surface area contributed by atoms with Crippen LogP contribution in [0.5, 0.6) is 0 Å². The van der Waals surface area contributed by atoms with Gasteiger partial charge in [-0.2, -0.15) is 0 Å².